The Morgan fingerprint density at radius 3 is 2.52 bits per heavy atom. The molecule has 1 aliphatic heterocycles. The fraction of sp³-hybridized carbons (Fsp3) is 0.611. The van der Waals surface area contributed by atoms with Gasteiger partial charge in [-0.25, -0.2) is 0 Å². The van der Waals surface area contributed by atoms with E-state index >= 15 is 0 Å². The second-order valence-electron chi connectivity index (χ2n) is 6.29. The zero-order valence-electron chi connectivity index (χ0n) is 14.4. The third kappa shape index (κ3) is 4.45. The lowest BCUT2D eigenvalue weighted by Gasteiger charge is -2.35. The molecule has 0 unspecified atom stereocenters. The zero-order chi connectivity index (χ0) is 16.7. The van der Waals surface area contributed by atoms with Gasteiger partial charge in [-0.1, -0.05) is 18.2 Å². The molecule has 0 aliphatic carbocycles. The monoisotopic (exact) mass is 320 g/mol. The van der Waals surface area contributed by atoms with Gasteiger partial charge in [0.1, 0.15) is 12.4 Å². The Hall–Kier alpha value is -1.59. The molecule has 0 aromatic heterocycles. The Kier molecular flexibility index (Phi) is 6.42. The fourth-order valence-electron chi connectivity index (χ4n) is 3.15. The molecule has 1 saturated heterocycles. The van der Waals surface area contributed by atoms with E-state index in [1.54, 1.807) is 7.11 Å². The summed E-state index contributed by atoms with van der Waals surface area (Å²) < 4.78 is 11.1. The SMILES string of the molecule is COCC1(C(=O)NCCOc2c(C)cccc2C)CCNCC1. The molecule has 1 aliphatic rings. The standard InChI is InChI=1S/C18H28N2O3/c1-14-5-4-6-15(2)16(14)23-12-11-20-17(21)18(13-22-3)7-9-19-10-8-18/h4-6,19H,7-13H2,1-3H3,(H,20,21). The van der Waals surface area contributed by atoms with E-state index in [0.29, 0.717) is 19.8 Å². The smallest absolute Gasteiger partial charge is 0.228 e. The first-order valence-electron chi connectivity index (χ1n) is 8.26. The molecule has 1 fully saturated rings. The number of amides is 1. The van der Waals surface area contributed by atoms with Crippen LogP contribution in [0.2, 0.25) is 0 Å². The van der Waals surface area contributed by atoms with Crippen LogP contribution in [-0.4, -0.2) is 45.9 Å². The van der Waals surface area contributed by atoms with E-state index in [1.165, 1.54) is 0 Å². The van der Waals surface area contributed by atoms with Crippen LogP contribution in [0.4, 0.5) is 0 Å². The van der Waals surface area contributed by atoms with Crippen LogP contribution in [0, 0.1) is 19.3 Å². The van der Waals surface area contributed by atoms with E-state index in [9.17, 15) is 4.79 Å². The van der Waals surface area contributed by atoms with Crippen molar-refractivity contribution in [1.82, 2.24) is 10.6 Å². The number of aryl methyl sites for hydroxylation is 2. The molecule has 1 aromatic carbocycles. The Balaban J connectivity index is 1.84. The Labute approximate surface area is 138 Å². The number of ether oxygens (including phenoxy) is 2. The predicted molar refractivity (Wildman–Crippen MR) is 90.8 cm³/mol. The number of benzene rings is 1. The quantitative estimate of drug-likeness (QED) is 0.752. The van der Waals surface area contributed by atoms with E-state index in [-0.39, 0.29) is 5.91 Å². The summed E-state index contributed by atoms with van der Waals surface area (Å²) in [5.74, 6) is 0.987. The Morgan fingerprint density at radius 2 is 1.91 bits per heavy atom. The maximum Gasteiger partial charge on any atom is 0.228 e. The van der Waals surface area contributed by atoms with E-state index in [0.717, 1.165) is 42.8 Å². The number of rotatable bonds is 7. The summed E-state index contributed by atoms with van der Waals surface area (Å²) in [7, 11) is 1.65. The molecule has 128 valence electrons. The molecule has 0 bridgehead atoms. The van der Waals surface area contributed by atoms with Crippen LogP contribution in [-0.2, 0) is 9.53 Å². The Bertz CT molecular complexity index is 499. The number of para-hydroxylation sites is 1. The summed E-state index contributed by atoms with van der Waals surface area (Å²) in [5.41, 5.74) is 1.83. The summed E-state index contributed by atoms with van der Waals surface area (Å²) >= 11 is 0. The number of carbonyl (C=O) groups is 1. The molecular formula is C18H28N2O3. The third-order valence-electron chi connectivity index (χ3n) is 4.51. The third-order valence-corrected chi connectivity index (χ3v) is 4.51. The van der Waals surface area contributed by atoms with Crippen molar-refractivity contribution in [2.45, 2.75) is 26.7 Å². The largest absolute Gasteiger partial charge is 0.491 e. The van der Waals surface area contributed by atoms with Gasteiger partial charge in [-0.2, -0.15) is 0 Å². The molecule has 5 nitrogen and oxygen atoms in total. The van der Waals surface area contributed by atoms with Crippen LogP contribution >= 0.6 is 0 Å². The van der Waals surface area contributed by atoms with Gasteiger partial charge < -0.3 is 20.1 Å². The van der Waals surface area contributed by atoms with Crippen molar-refractivity contribution in [2.24, 2.45) is 5.41 Å². The van der Waals surface area contributed by atoms with Gasteiger partial charge in [0, 0.05) is 7.11 Å². The first-order valence-corrected chi connectivity index (χ1v) is 8.26. The van der Waals surface area contributed by atoms with Gasteiger partial charge in [0.2, 0.25) is 5.91 Å². The number of hydrogen-bond acceptors (Lipinski definition) is 4. The molecule has 2 rings (SSSR count). The number of carbonyl (C=O) groups excluding carboxylic acids is 1. The normalized spacial score (nSPS) is 16.8. The minimum Gasteiger partial charge on any atom is -0.491 e. The van der Waals surface area contributed by atoms with Crippen molar-refractivity contribution in [3.05, 3.63) is 29.3 Å². The van der Waals surface area contributed by atoms with Crippen LogP contribution in [0.3, 0.4) is 0 Å². The fourth-order valence-corrected chi connectivity index (χ4v) is 3.15. The van der Waals surface area contributed by atoms with Crippen molar-refractivity contribution in [3.8, 4) is 5.75 Å². The molecule has 0 saturated carbocycles. The first-order chi connectivity index (χ1) is 11.1. The highest BCUT2D eigenvalue weighted by Gasteiger charge is 2.39. The maximum absolute atomic E-state index is 12.6. The number of piperidine rings is 1. The molecule has 0 radical (unpaired) electrons. The van der Waals surface area contributed by atoms with E-state index in [1.807, 2.05) is 32.0 Å². The highest BCUT2D eigenvalue weighted by molar-refractivity contribution is 5.83. The summed E-state index contributed by atoms with van der Waals surface area (Å²) in [6.45, 7) is 7.22. The average Bonchev–Trinajstić information content (AvgIpc) is 2.54. The average molecular weight is 320 g/mol. The Morgan fingerprint density at radius 1 is 1.26 bits per heavy atom. The molecule has 2 N–H and O–H groups in total. The first kappa shape index (κ1) is 17.8. The molecule has 0 spiro atoms. The van der Waals surface area contributed by atoms with Crippen LogP contribution in [0.1, 0.15) is 24.0 Å². The molecule has 0 atom stereocenters. The summed E-state index contributed by atoms with van der Waals surface area (Å²) in [4.78, 5) is 12.6. The lowest BCUT2D eigenvalue weighted by molar-refractivity contribution is -0.136. The lowest BCUT2D eigenvalue weighted by atomic mass is 9.78. The van der Waals surface area contributed by atoms with Crippen molar-refractivity contribution in [1.29, 1.82) is 0 Å². The molecule has 1 amide bonds. The highest BCUT2D eigenvalue weighted by atomic mass is 16.5. The van der Waals surface area contributed by atoms with Crippen molar-refractivity contribution >= 4 is 5.91 Å². The summed E-state index contributed by atoms with van der Waals surface area (Å²) in [5, 5.41) is 6.31. The zero-order valence-corrected chi connectivity index (χ0v) is 14.4. The van der Waals surface area contributed by atoms with Gasteiger partial charge in [0.25, 0.3) is 0 Å². The molecular weight excluding hydrogens is 292 g/mol. The van der Waals surface area contributed by atoms with Gasteiger partial charge in [-0.05, 0) is 50.9 Å². The lowest BCUT2D eigenvalue weighted by Crippen LogP contribution is -2.50. The summed E-state index contributed by atoms with van der Waals surface area (Å²) in [6.07, 6.45) is 1.62. The molecule has 23 heavy (non-hydrogen) atoms. The van der Waals surface area contributed by atoms with Gasteiger partial charge in [0.15, 0.2) is 0 Å². The van der Waals surface area contributed by atoms with Crippen molar-refractivity contribution in [2.75, 3.05) is 40.0 Å². The minimum absolute atomic E-state index is 0.0750. The second kappa shape index (κ2) is 8.31. The maximum atomic E-state index is 12.6. The van der Waals surface area contributed by atoms with Gasteiger partial charge in [-0.15, -0.1) is 0 Å². The second-order valence-corrected chi connectivity index (χ2v) is 6.29. The van der Waals surface area contributed by atoms with Crippen LogP contribution < -0.4 is 15.4 Å². The number of nitrogens with one attached hydrogen (secondary N) is 2. The van der Waals surface area contributed by atoms with Gasteiger partial charge in [0.05, 0.1) is 18.6 Å². The van der Waals surface area contributed by atoms with E-state index in [4.69, 9.17) is 9.47 Å². The van der Waals surface area contributed by atoms with Crippen molar-refractivity contribution in [3.63, 3.8) is 0 Å². The molecule has 5 heteroatoms. The van der Waals surface area contributed by atoms with E-state index < -0.39 is 5.41 Å². The highest BCUT2D eigenvalue weighted by Crippen LogP contribution is 2.29. The summed E-state index contributed by atoms with van der Waals surface area (Å²) in [6, 6.07) is 6.08. The number of methoxy groups -OCH3 is 1. The molecule has 1 heterocycles. The van der Waals surface area contributed by atoms with Crippen LogP contribution in [0.15, 0.2) is 18.2 Å². The van der Waals surface area contributed by atoms with Crippen molar-refractivity contribution < 1.29 is 14.3 Å². The molecule has 1 aromatic rings. The van der Waals surface area contributed by atoms with Gasteiger partial charge in [-0.3, -0.25) is 4.79 Å². The van der Waals surface area contributed by atoms with E-state index in [2.05, 4.69) is 10.6 Å². The topological polar surface area (TPSA) is 59.6 Å². The minimum atomic E-state index is -0.404. The number of hydrogen-bond donors (Lipinski definition) is 2. The predicted octanol–water partition coefficient (Wildman–Crippen LogP) is 1.81. The van der Waals surface area contributed by atoms with Crippen LogP contribution in [0.5, 0.6) is 5.75 Å². The van der Waals surface area contributed by atoms with Crippen LogP contribution in [0.25, 0.3) is 0 Å². The van der Waals surface area contributed by atoms with Gasteiger partial charge >= 0.3 is 0 Å².